The van der Waals surface area contributed by atoms with E-state index in [0.717, 1.165) is 23.2 Å². The molecule has 0 radical (unpaired) electrons. The Balaban J connectivity index is 1.87. The Hall–Kier alpha value is -2.14. The van der Waals surface area contributed by atoms with E-state index >= 15 is 0 Å². The van der Waals surface area contributed by atoms with Gasteiger partial charge in [-0.3, -0.25) is 9.48 Å². The molecule has 0 spiro atoms. The van der Waals surface area contributed by atoms with Crippen LogP contribution in [0.4, 0.5) is 0 Å². The monoisotopic (exact) mass is 286 g/mol. The second-order valence-corrected chi connectivity index (χ2v) is 5.13. The molecule has 1 aromatic heterocycles. The summed E-state index contributed by atoms with van der Waals surface area (Å²) in [6, 6.07) is 9.39. The fraction of sp³-hybridized carbons (Fsp3) is 0.375. The standard InChI is InChI=1S/C16H22N4O/c1-3-15-13(11-20(2)19-15)10-18-16(21)9-14(17)12-7-5-4-6-8-12/h4-8,11,14H,3,9-10,17H2,1-2H3,(H,18,21). The van der Waals surface area contributed by atoms with Crippen molar-refractivity contribution in [1.82, 2.24) is 15.1 Å². The van der Waals surface area contributed by atoms with Crippen molar-refractivity contribution in [2.75, 3.05) is 0 Å². The minimum absolute atomic E-state index is 0.0442. The summed E-state index contributed by atoms with van der Waals surface area (Å²) in [4.78, 5) is 12.0. The zero-order valence-electron chi connectivity index (χ0n) is 12.5. The van der Waals surface area contributed by atoms with Crippen molar-refractivity contribution in [3.8, 4) is 0 Å². The van der Waals surface area contributed by atoms with Crippen molar-refractivity contribution in [2.24, 2.45) is 12.8 Å². The highest BCUT2D eigenvalue weighted by molar-refractivity contribution is 5.76. The van der Waals surface area contributed by atoms with Crippen LogP contribution in [0.25, 0.3) is 0 Å². The Labute approximate surface area is 125 Å². The highest BCUT2D eigenvalue weighted by atomic mass is 16.1. The van der Waals surface area contributed by atoms with E-state index in [1.807, 2.05) is 43.6 Å². The van der Waals surface area contributed by atoms with Crippen molar-refractivity contribution in [1.29, 1.82) is 0 Å². The van der Waals surface area contributed by atoms with Gasteiger partial charge in [-0.1, -0.05) is 37.3 Å². The van der Waals surface area contributed by atoms with Crippen LogP contribution < -0.4 is 11.1 Å². The minimum Gasteiger partial charge on any atom is -0.352 e. The molecule has 1 heterocycles. The summed E-state index contributed by atoms with van der Waals surface area (Å²) in [5, 5.41) is 7.27. The quantitative estimate of drug-likeness (QED) is 0.848. The van der Waals surface area contributed by atoms with E-state index in [-0.39, 0.29) is 18.4 Å². The first-order valence-electron chi connectivity index (χ1n) is 7.18. The molecule has 5 nitrogen and oxygen atoms in total. The number of aryl methyl sites for hydroxylation is 2. The van der Waals surface area contributed by atoms with E-state index in [0.29, 0.717) is 6.54 Å². The smallest absolute Gasteiger partial charge is 0.222 e. The molecule has 3 N–H and O–H groups in total. The van der Waals surface area contributed by atoms with Gasteiger partial charge in [0.25, 0.3) is 0 Å². The first kappa shape index (κ1) is 15.3. The summed E-state index contributed by atoms with van der Waals surface area (Å²) < 4.78 is 1.77. The van der Waals surface area contributed by atoms with E-state index in [1.165, 1.54) is 0 Å². The molecule has 0 fully saturated rings. The van der Waals surface area contributed by atoms with Crippen molar-refractivity contribution in [2.45, 2.75) is 32.4 Å². The van der Waals surface area contributed by atoms with Crippen LogP contribution in [-0.4, -0.2) is 15.7 Å². The van der Waals surface area contributed by atoms with Gasteiger partial charge in [0.15, 0.2) is 0 Å². The SMILES string of the molecule is CCc1nn(C)cc1CNC(=O)CC(N)c1ccccc1. The maximum Gasteiger partial charge on any atom is 0.222 e. The molecule has 0 bridgehead atoms. The Bertz CT molecular complexity index is 592. The molecule has 0 saturated carbocycles. The fourth-order valence-electron chi connectivity index (χ4n) is 2.31. The molecule has 1 amide bonds. The lowest BCUT2D eigenvalue weighted by molar-refractivity contribution is -0.121. The van der Waals surface area contributed by atoms with E-state index in [9.17, 15) is 4.79 Å². The number of nitrogens with two attached hydrogens (primary N) is 1. The van der Waals surface area contributed by atoms with Crippen LogP contribution >= 0.6 is 0 Å². The summed E-state index contributed by atoms with van der Waals surface area (Å²) in [7, 11) is 1.88. The summed E-state index contributed by atoms with van der Waals surface area (Å²) in [6.45, 7) is 2.55. The normalized spacial score (nSPS) is 12.1. The molecule has 1 aromatic carbocycles. The van der Waals surface area contributed by atoms with Crippen LogP contribution in [0.3, 0.4) is 0 Å². The summed E-state index contributed by atoms with van der Waals surface area (Å²) in [5.41, 5.74) is 9.10. The van der Waals surface area contributed by atoms with Crippen molar-refractivity contribution in [3.63, 3.8) is 0 Å². The molecule has 1 atom stereocenters. The molecule has 0 aliphatic heterocycles. The van der Waals surface area contributed by atoms with Crippen molar-refractivity contribution >= 4 is 5.91 Å². The first-order valence-corrected chi connectivity index (χ1v) is 7.18. The van der Waals surface area contributed by atoms with Gasteiger partial charge in [0.2, 0.25) is 5.91 Å². The molecule has 0 aliphatic rings. The summed E-state index contributed by atoms with van der Waals surface area (Å²) in [5.74, 6) is -0.0442. The Kier molecular flexibility index (Phi) is 5.11. The Morgan fingerprint density at radius 2 is 2.10 bits per heavy atom. The van der Waals surface area contributed by atoms with Gasteiger partial charge < -0.3 is 11.1 Å². The Morgan fingerprint density at radius 3 is 2.76 bits per heavy atom. The van der Waals surface area contributed by atoms with Gasteiger partial charge in [0.1, 0.15) is 0 Å². The number of aromatic nitrogens is 2. The highest BCUT2D eigenvalue weighted by Gasteiger charge is 2.12. The third-order valence-electron chi connectivity index (χ3n) is 3.44. The number of hydrogen-bond acceptors (Lipinski definition) is 3. The van der Waals surface area contributed by atoms with E-state index in [2.05, 4.69) is 17.3 Å². The van der Waals surface area contributed by atoms with Gasteiger partial charge in [-0.15, -0.1) is 0 Å². The fourth-order valence-corrected chi connectivity index (χ4v) is 2.31. The molecule has 2 rings (SSSR count). The van der Waals surface area contributed by atoms with Gasteiger partial charge in [-0.2, -0.15) is 5.10 Å². The predicted molar refractivity (Wildman–Crippen MR) is 82.4 cm³/mol. The summed E-state index contributed by atoms with van der Waals surface area (Å²) >= 11 is 0. The maximum atomic E-state index is 12.0. The highest BCUT2D eigenvalue weighted by Crippen LogP contribution is 2.13. The molecule has 21 heavy (non-hydrogen) atoms. The van der Waals surface area contributed by atoms with E-state index in [1.54, 1.807) is 4.68 Å². The number of carbonyl (C=O) groups excluding carboxylic acids is 1. The average Bonchev–Trinajstić information content (AvgIpc) is 2.86. The predicted octanol–water partition coefficient (Wildman–Crippen LogP) is 1.69. The second-order valence-electron chi connectivity index (χ2n) is 5.13. The number of amides is 1. The number of hydrogen-bond donors (Lipinski definition) is 2. The van der Waals surface area contributed by atoms with Gasteiger partial charge in [0, 0.05) is 37.8 Å². The largest absolute Gasteiger partial charge is 0.352 e. The van der Waals surface area contributed by atoms with Crippen LogP contribution in [0, 0.1) is 0 Å². The van der Waals surface area contributed by atoms with E-state index < -0.39 is 0 Å². The number of nitrogens with one attached hydrogen (secondary N) is 1. The van der Waals surface area contributed by atoms with Crippen LogP contribution in [0.15, 0.2) is 36.5 Å². The average molecular weight is 286 g/mol. The zero-order valence-corrected chi connectivity index (χ0v) is 12.5. The van der Waals surface area contributed by atoms with Gasteiger partial charge in [0.05, 0.1) is 5.69 Å². The molecule has 0 aliphatic carbocycles. The van der Waals surface area contributed by atoms with Crippen molar-refractivity contribution in [3.05, 3.63) is 53.3 Å². The van der Waals surface area contributed by atoms with Crippen LogP contribution in [0.1, 0.15) is 36.2 Å². The number of carbonyl (C=O) groups is 1. The number of nitrogens with zero attached hydrogens (tertiary/aromatic N) is 2. The molecule has 1 unspecified atom stereocenters. The maximum absolute atomic E-state index is 12.0. The molecule has 0 saturated heterocycles. The van der Waals surface area contributed by atoms with Gasteiger partial charge in [-0.25, -0.2) is 0 Å². The second kappa shape index (κ2) is 7.04. The third-order valence-corrected chi connectivity index (χ3v) is 3.44. The van der Waals surface area contributed by atoms with Crippen LogP contribution in [0.2, 0.25) is 0 Å². The number of benzene rings is 1. The van der Waals surface area contributed by atoms with Crippen LogP contribution in [-0.2, 0) is 24.8 Å². The lowest BCUT2D eigenvalue weighted by atomic mass is 10.0. The molecule has 112 valence electrons. The molecular weight excluding hydrogens is 264 g/mol. The van der Waals surface area contributed by atoms with Crippen LogP contribution in [0.5, 0.6) is 0 Å². The molecular formula is C16H22N4O. The third kappa shape index (κ3) is 4.16. The molecule has 5 heteroatoms. The summed E-state index contributed by atoms with van der Waals surface area (Å²) in [6.07, 6.45) is 3.08. The lowest BCUT2D eigenvalue weighted by Crippen LogP contribution is -2.27. The topological polar surface area (TPSA) is 72.9 Å². The number of rotatable bonds is 6. The minimum atomic E-state index is -0.272. The zero-order chi connectivity index (χ0) is 15.2. The lowest BCUT2D eigenvalue weighted by Gasteiger charge is -2.12. The first-order chi connectivity index (χ1) is 10.1. The molecule has 2 aromatic rings. The van der Waals surface area contributed by atoms with Crippen molar-refractivity contribution < 1.29 is 4.79 Å². The van der Waals surface area contributed by atoms with Gasteiger partial charge >= 0.3 is 0 Å². The van der Waals surface area contributed by atoms with E-state index in [4.69, 9.17) is 5.73 Å². The Morgan fingerprint density at radius 1 is 1.38 bits per heavy atom. The van der Waals surface area contributed by atoms with Gasteiger partial charge in [-0.05, 0) is 12.0 Å².